The van der Waals surface area contributed by atoms with Gasteiger partial charge in [0.25, 0.3) is 0 Å². The molecule has 1 radical (unpaired) electrons. The summed E-state index contributed by atoms with van der Waals surface area (Å²) >= 11 is 1.17. The number of anilines is 1. The summed E-state index contributed by atoms with van der Waals surface area (Å²) in [6.45, 7) is 4.85. The molecule has 0 aliphatic carbocycles. The van der Waals surface area contributed by atoms with Crippen molar-refractivity contribution in [3.63, 3.8) is 0 Å². The fraction of sp³-hybridized carbons (Fsp3) is 0.286. The van der Waals surface area contributed by atoms with Crippen molar-refractivity contribution >= 4 is 22.3 Å². The summed E-state index contributed by atoms with van der Waals surface area (Å²) in [5, 5.41) is 5.21. The van der Waals surface area contributed by atoms with Crippen molar-refractivity contribution in [1.29, 1.82) is 0 Å². The first-order chi connectivity index (χ1) is 6.50. The van der Waals surface area contributed by atoms with Crippen LogP contribution in [0.25, 0.3) is 10.4 Å². The SMILES string of the molecule is [CH2]C(N=[N+]=[N-])(C(C)=O)c1csc(N)n1. The Balaban J connectivity index is 3.25. The molecule has 0 amide bonds. The van der Waals surface area contributed by atoms with Gasteiger partial charge in [-0.1, -0.05) is 5.11 Å². The van der Waals surface area contributed by atoms with Gasteiger partial charge >= 0.3 is 0 Å². The third-order valence-electron chi connectivity index (χ3n) is 1.74. The number of thiazole rings is 1. The third-order valence-corrected chi connectivity index (χ3v) is 2.42. The van der Waals surface area contributed by atoms with E-state index in [4.69, 9.17) is 11.3 Å². The Morgan fingerprint density at radius 2 is 2.57 bits per heavy atom. The minimum Gasteiger partial charge on any atom is -0.375 e. The molecule has 0 aliphatic rings. The highest BCUT2D eigenvalue weighted by Gasteiger charge is 2.33. The zero-order chi connectivity index (χ0) is 10.8. The van der Waals surface area contributed by atoms with E-state index in [1.807, 2.05) is 0 Å². The van der Waals surface area contributed by atoms with Gasteiger partial charge in [-0.05, 0) is 19.4 Å². The molecule has 6 nitrogen and oxygen atoms in total. The molecule has 1 aromatic rings. The number of carbonyl (C=O) groups excluding carboxylic acids is 1. The maximum atomic E-state index is 11.3. The van der Waals surface area contributed by atoms with Crippen LogP contribution in [0.5, 0.6) is 0 Å². The van der Waals surface area contributed by atoms with Gasteiger partial charge in [0.15, 0.2) is 5.13 Å². The lowest BCUT2D eigenvalue weighted by molar-refractivity contribution is -0.120. The number of Topliss-reactive ketones (excluding diaryl/α,β-unsaturated/α-hetero) is 1. The molecule has 0 aromatic carbocycles. The van der Waals surface area contributed by atoms with Crippen LogP contribution in [0.1, 0.15) is 12.6 Å². The van der Waals surface area contributed by atoms with Crippen LogP contribution in [-0.4, -0.2) is 10.8 Å². The zero-order valence-electron chi connectivity index (χ0n) is 7.47. The number of ketones is 1. The van der Waals surface area contributed by atoms with Crippen LogP contribution in [0.4, 0.5) is 5.13 Å². The Labute approximate surface area is 84.4 Å². The summed E-state index contributed by atoms with van der Waals surface area (Å²) in [5.74, 6) is -0.374. The molecule has 1 atom stereocenters. The van der Waals surface area contributed by atoms with E-state index in [0.717, 1.165) is 0 Å². The van der Waals surface area contributed by atoms with E-state index in [2.05, 4.69) is 21.9 Å². The average molecular weight is 210 g/mol. The lowest BCUT2D eigenvalue weighted by atomic mass is 9.95. The maximum absolute atomic E-state index is 11.3. The highest BCUT2D eigenvalue weighted by atomic mass is 32.1. The first-order valence-electron chi connectivity index (χ1n) is 3.65. The standard InChI is InChI=1S/C7H8N5OS/c1-4(13)7(2,11-12-9)5-3-14-6(8)10-5/h3H,2H2,1H3,(H2,8,10). The predicted molar refractivity (Wildman–Crippen MR) is 53.4 cm³/mol. The van der Waals surface area contributed by atoms with Crippen molar-refractivity contribution in [3.05, 3.63) is 28.4 Å². The average Bonchev–Trinajstić information content (AvgIpc) is 2.52. The van der Waals surface area contributed by atoms with Crippen molar-refractivity contribution in [2.24, 2.45) is 5.11 Å². The molecule has 0 spiro atoms. The molecule has 0 saturated carbocycles. The molecular formula is C7H8N5OS. The number of hydrogen-bond acceptors (Lipinski definition) is 5. The van der Waals surface area contributed by atoms with Gasteiger partial charge < -0.3 is 5.73 Å². The van der Waals surface area contributed by atoms with Crippen LogP contribution in [0, 0.1) is 6.92 Å². The molecule has 1 rings (SSSR count). The van der Waals surface area contributed by atoms with Crippen molar-refractivity contribution in [2.75, 3.05) is 5.73 Å². The molecule has 14 heavy (non-hydrogen) atoms. The molecule has 0 aliphatic heterocycles. The van der Waals surface area contributed by atoms with Gasteiger partial charge in [-0.3, -0.25) is 4.79 Å². The Morgan fingerprint density at radius 3 is 2.93 bits per heavy atom. The molecule has 1 aromatic heterocycles. The van der Waals surface area contributed by atoms with Crippen molar-refractivity contribution in [3.8, 4) is 0 Å². The van der Waals surface area contributed by atoms with Crippen LogP contribution in [0.3, 0.4) is 0 Å². The van der Waals surface area contributed by atoms with E-state index in [9.17, 15) is 4.79 Å². The number of rotatable bonds is 3. The summed E-state index contributed by atoms with van der Waals surface area (Å²) in [5.41, 5.74) is 12.5. The maximum Gasteiger partial charge on any atom is 0.180 e. The van der Waals surface area contributed by atoms with E-state index in [1.165, 1.54) is 18.3 Å². The zero-order valence-corrected chi connectivity index (χ0v) is 8.28. The fourth-order valence-corrected chi connectivity index (χ4v) is 1.49. The Morgan fingerprint density at radius 1 is 1.93 bits per heavy atom. The second kappa shape index (κ2) is 3.65. The molecule has 0 fully saturated rings. The summed E-state index contributed by atoms with van der Waals surface area (Å²) in [6, 6.07) is 0. The largest absolute Gasteiger partial charge is 0.375 e. The Bertz CT molecular complexity index is 404. The molecule has 1 unspecified atom stereocenters. The normalized spacial score (nSPS) is 14.1. The van der Waals surface area contributed by atoms with Crippen molar-refractivity contribution < 1.29 is 4.79 Å². The van der Waals surface area contributed by atoms with E-state index < -0.39 is 5.54 Å². The third kappa shape index (κ3) is 1.68. The van der Waals surface area contributed by atoms with Crippen LogP contribution in [0.2, 0.25) is 0 Å². The second-order valence-electron chi connectivity index (χ2n) is 2.68. The number of aromatic nitrogens is 1. The van der Waals surface area contributed by atoms with Crippen LogP contribution in [-0.2, 0) is 10.3 Å². The van der Waals surface area contributed by atoms with Gasteiger partial charge in [0.2, 0.25) is 0 Å². The summed E-state index contributed by atoms with van der Waals surface area (Å²) < 4.78 is 0. The number of nitrogen functional groups attached to an aromatic ring is 1. The Hall–Kier alpha value is -1.59. The molecule has 0 saturated heterocycles. The van der Waals surface area contributed by atoms with Crippen molar-refractivity contribution in [1.82, 2.24) is 4.98 Å². The van der Waals surface area contributed by atoms with Gasteiger partial charge in [0.05, 0.1) is 5.69 Å². The summed E-state index contributed by atoms with van der Waals surface area (Å²) in [7, 11) is 0. The highest BCUT2D eigenvalue weighted by Crippen LogP contribution is 2.28. The van der Waals surface area contributed by atoms with Gasteiger partial charge in [0, 0.05) is 10.3 Å². The Kier molecular flexibility index (Phi) is 2.73. The van der Waals surface area contributed by atoms with E-state index in [0.29, 0.717) is 5.13 Å². The molecular weight excluding hydrogens is 202 g/mol. The molecule has 1 heterocycles. The van der Waals surface area contributed by atoms with Crippen LogP contribution in [0.15, 0.2) is 10.5 Å². The fourth-order valence-electron chi connectivity index (χ4n) is 0.856. The number of nitrogens with two attached hydrogens (primary N) is 1. The lowest BCUT2D eigenvalue weighted by Crippen LogP contribution is -2.28. The summed E-state index contributed by atoms with van der Waals surface area (Å²) in [4.78, 5) is 17.7. The van der Waals surface area contributed by atoms with Crippen LogP contribution < -0.4 is 5.73 Å². The first-order valence-corrected chi connectivity index (χ1v) is 4.53. The van der Waals surface area contributed by atoms with Gasteiger partial charge in [-0.2, -0.15) is 0 Å². The predicted octanol–water partition coefficient (Wildman–Crippen LogP) is 1.65. The van der Waals surface area contributed by atoms with E-state index in [-0.39, 0.29) is 11.5 Å². The number of azide groups is 1. The first kappa shape index (κ1) is 10.5. The quantitative estimate of drug-likeness (QED) is 0.465. The molecule has 2 N–H and O–H groups in total. The minimum absolute atomic E-state index is 0.283. The minimum atomic E-state index is -1.50. The van der Waals surface area contributed by atoms with E-state index in [1.54, 1.807) is 5.38 Å². The van der Waals surface area contributed by atoms with E-state index >= 15 is 0 Å². The smallest absolute Gasteiger partial charge is 0.180 e. The molecule has 73 valence electrons. The highest BCUT2D eigenvalue weighted by molar-refractivity contribution is 7.13. The van der Waals surface area contributed by atoms with Crippen molar-refractivity contribution in [2.45, 2.75) is 12.5 Å². The lowest BCUT2D eigenvalue weighted by Gasteiger charge is -2.16. The van der Waals surface area contributed by atoms with Gasteiger partial charge in [-0.25, -0.2) is 4.98 Å². The monoisotopic (exact) mass is 210 g/mol. The van der Waals surface area contributed by atoms with Crippen LogP contribution >= 0.6 is 11.3 Å². The number of nitrogens with zero attached hydrogens (tertiary/aromatic N) is 4. The summed E-state index contributed by atoms with van der Waals surface area (Å²) in [6.07, 6.45) is 0. The number of carbonyl (C=O) groups is 1. The topological polar surface area (TPSA) is 105 Å². The molecule has 7 heteroatoms. The second-order valence-corrected chi connectivity index (χ2v) is 3.57. The van der Waals surface area contributed by atoms with Gasteiger partial charge in [-0.15, -0.1) is 11.3 Å². The number of hydrogen-bond donors (Lipinski definition) is 1. The molecule has 0 bridgehead atoms. The van der Waals surface area contributed by atoms with Gasteiger partial charge in [0.1, 0.15) is 11.3 Å².